The van der Waals surface area contributed by atoms with Crippen LogP contribution in [-0.4, -0.2) is 20.7 Å². The van der Waals surface area contributed by atoms with Gasteiger partial charge in [0.15, 0.2) is 0 Å². The van der Waals surface area contributed by atoms with Gasteiger partial charge in [0.1, 0.15) is 0 Å². The molecule has 0 radical (unpaired) electrons. The Morgan fingerprint density at radius 2 is 2.00 bits per heavy atom. The molecule has 0 rings (SSSR count). The van der Waals surface area contributed by atoms with Gasteiger partial charge in [-0.2, -0.15) is 0 Å². The molecule has 0 amide bonds. The molecule has 0 saturated heterocycles. The van der Waals surface area contributed by atoms with Gasteiger partial charge in [-0.05, 0) is 39.1 Å². The van der Waals surface area contributed by atoms with Gasteiger partial charge in [0.25, 0.3) is 0 Å². The van der Waals surface area contributed by atoms with Gasteiger partial charge in [-0.3, -0.25) is 0 Å². The molecule has 0 bridgehead atoms. The molecule has 0 N–H and O–H groups in total. The normalized spacial score (nSPS) is 13.3. The molecule has 86 valence electrons. The van der Waals surface area contributed by atoms with E-state index in [1.165, 1.54) is 6.08 Å². The zero-order chi connectivity index (χ0) is 11.9. The first-order valence-corrected chi connectivity index (χ1v) is 9.77. The first-order chi connectivity index (χ1) is 6.81. The molecule has 0 saturated carbocycles. The number of rotatable bonds is 5. The summed E-state index contributed by atoms with van der Waals surface area (Å²) in [6, 6.07) is 1.02. The molecule has 0 aliphatic heterocycles. The number of allylic oxidation sites excluding steroid dienone is 3. The molecule has 0 aromatic rings. The summed E-state index contributed by atoms with van der Waals surface area (Å²) < 4.78 is 6.21. The summed E-state index contributed by atoms with van der Waals surface area (Å²) in [6.07, 6.45) is 5.06. The lowest BCUT2D eigenvalue weighted by Gasteiger charge is -2.14. The average molecular weight is 338 g/mol. The second-order valence-corrected chi connectivity index (χ2v) is 11.9. The maximum atomic E-state index is 11.2. The number of esters is 1. The number of halogens is 1. The lowest BCUT2D eigenvalue weighted by Crippen LogP contribution is -2.22. The van der Waals surface area contributed by atoms with Crippen LogP contribution in [0.2, 0.25) is 25.7 Å². The minimum Gasteiger partial charge on any atom is -0.463 e. The molecule has 0 aromatic carbocycles. The van der Waals surface area contributed by atoms with Crippen LogP contribution in [0.3, 0.4) is 0 Å². The van der Waals surface area contributed by atoms with Crippen molar-refractivity contribution >= 4 is 36.6 Å². The van der Waals surface area contributed by atoms with Gasteiger partial charge in [-0.1, -0.05) is 31.8 Å². The van der Waals surface area contributed by atoms with Gasteiger partial charge in [-0.15, -0.1) is 0 Å². The van der Waals surface area contributed by atoms with Crippen molar-refractivity contribution < 1.29 is 9.53 Å². The predicted octanol–water partition coefficient (Wildman–Crippen LogP) is 3.76. The number of ether oxygens (including phenoxy) is 1. The molecule has 0 aromatic heterocycles. The van der Waals surface area contributed by atoms with E-state index in [1.54, 1.807) is 6.08 Å². The van der Waals surface area contributed by atoms with Crippen molar-refractivity contribution in [1.29, 1.82) is 0 Å². The monoisotopic (exact) mass is 338 g/mol. The van der Waals surface area contributed by atoms with E-state index in [4.69, 9.17) is 4.74 Å². The van der Waals surface area contributed by atoms with Crippen LogP contribution in [0.25, 0.3) is 0 Å². The Kier molecular flexibility index (Phi) is 7.17. The molecule has 0 heterocycles. The molecule has 0 spiro atoms. The third kappa shape index (κ3) is 11.8. The number of carbonyl (C=O) groups excluding carboxylic acids is 1. The van der Waals surface area contributed by atoms with Crippen LogP contribution in [0.15, 0.2) is 21.8 Å². The molecule has 0 atom stereocenters. The van der Waals surface area contributed by atoms with E-state index < -0.39 is 8.07 Å². The minimum absolute atomic E-state index is 0.248. The van der Waals surface area contributed by atoms with Crippen molar-refractivity contribution in [2.75, 3.05) is 6.61 Å². The fourth-order valence-electron chi connectivity index (χ4n) is 0.765. The highest BCUT2D eigenvalue weighted by Crippen LogP contribution is 2.07. The van der Waals surface area contributed by atoms with Crippen molar-refractivity contribution in [1.82, 2.24) is 0 Å². The van der Waals surface area contributed by atoms with Crippen LogP contribution >= 0.6 is 22.6 Å². The van der Waals surface area contributed by atoms with Crippen molar-refractivity contribution in [3.63, 3.8) is 0 Å². The smallest absolute Gasteiger partial charge is 0.330 e. The molecule has 4 heteroatoms. The lowest BCUT2D eigenvalue weighted by atomic mass is 10.4. The molecule has 2 nitrogen and oxygen atoms in total. The van der Waals surface area contributed by atoms with Gasteiger partial charge < -0.3 is 4.74 Å². The van der Waals surface area contributed by atoms with Gasteiger partial charge >= 0.3 is 5.97 Å². The summed E-state index contributed by atoms with van der Waals surface area (Å²) >= 11 is 2.19. The van der Waals surface area contributed by atoms with Crippen molar-refractivity contribution in [2.24, 2.45) is 0 Å². The fraction of sp³-hybridized carbons (Fsp3) is 0.545. The SMILES string of the molecule is C/C(I)=C/C=C/C(=O)OCC[Si](C)(C)C. The van der Waals surface area contributed by atoms with Crippen LogP contribution in [0, 0.1) is 0 Å². The number of carbonyl (C=O) groups is 1. The first kappa shape index (κ1) is 14.9. The van der Waals surface area contributed by atoms with Crippen molar-refractivity contribution in [3.05, 3.63) is 21.8 Å². The lowest BCUT2D eigenvalue weighted by molar-refractivity contribution is -0.137. The average Bonchev–Trinajstić information content (AvgIpc) is 2.00. The van der Waals surface area contributed by atoms with E-state index in [1.807, 2.05) is 13.0 Å². The first-order valence-electron chi connectivity index (χ1n) is 4.98. The zero-order valence-electron chi connectivity index (χ0n) is 9.84. The largest absolute Gasteiger partial charge is 0.463 e. The van der Waals surface area contributed by atoms with Gasteiger partial charge in [0.2, 0.25) is 0 Å². The molecule has 15 heavy (non-hydrogen) atoms. The Morgan fingerprint density at radius 3 is 2.47 bits per heavy atom. The van der Waals surface area contributed by atoms with Crippen LogP contribution in [-0.2, 0) is 9.53 Å². The molecule has 0 unspecified atom stereocenters. The Bertz CT molecular complexity index is 260. The molecule has 0 aliphatic rings. The highest BCUT2D eigenvalue weighted by Gasteiger charge is 2.12. The van der Waals surface area contributed by atoms with Gasteiger partial charge in [-0.25, -0.2) is 4.79 Å². The van der Waals surface area contributed by atoms with Gasteiger partial charge in [0.05, 0.1) is 6.61 Å². The summed E-state index contributed by atoms with van der Waals surface area (Å²) in [5.41, 5.74) is 0. The summed E-state index contributed by atoms with van der Waals surface area (Å²) in [5.74, 6) is -0.248. The Hall–Kier alpha value is -0.103. The molecular weight excluding hydrogens is 319 g/mol. The predicted molar refractivity (Wildman–Crippen MR) is 76.0 cm³/mol. The Morgan fingerprint density at radius 1 is 1.40 bits per heavy atom. The standard InChI is InChI=1S/C11H19IO2Si/c1-10(12)6-5-7-11(13)14-8-9-15(2,3)4/h5-7H,8-9H2,1-4H3/b7-5+,10-6-. The number of hydrogen-bond donors (Lipinski definition) is 0. The zero-order valence-corrected chi connectivity index (χ0v) is 13.0. The summed E-state index contributed by atoms with van der Waals surface area (Å²) in [5, 5.41) is 0. The molecule has 0 fully saturated rings. The van der Waals surface area contributed by atoms with Crippen LogP contribution in [0.5, 0.6) is 0 Å². The molecule has 0 aliphatic carbocycles. The third-order valence-electron chi connectivity index (χ3n) is 1.65. The third-order valence-corrected chi connectivity index (χ3v) is 3.72. The summed E-state index contributed by atoms with van der Waals surface area (Å²) in [6.45, 7) is 9.31. The minimum atomic E-state index is -1.09. The van der Waals surface area contributed by atoms with E-state index >= 15 is 0 Å². The van der Waals surface area contributed by atoms with E-state index in [-0.39, 0.29) is 5.97 Å². The fourth-order valence-corrected chi connectivity index (χ4v) is 1.69. The van der Waals surface area contributed by atoms with Gasteiger partial charge in [0, 0.05) is 14.1 Å². The maximum absolute atomic E-state index is 11.2. The van der Waals surface area contributed by atoms with Crippen LogP contribution in [0.4, 0.5) is 0 Å². The van der Waals surface area contributed by atoms with Crippen LogP contribution < -0.4 is 0 Å². The second-order valence-electron chi connectivity index (χ2n) is 4.59. The topological polar surface area (TPSA) is 26.3 Å². The van der Waals surface area contributed by atoms with Crippen LogP contribution in [0.1, 0.15) is 6.92 Å². The highest BCUT2D eigenvalue weighted by atomic mass is 127. The Balaban J connectivity index is 3.77. The molecular formula is C11H19IO2Si. The second kappa shape index (κ2) is 7.22. The maximum Gasteiger partial charge on any atom is 0.330 e. The van der Waals surface area contributed by atoms with E-state index in [9.17, 15) is 4.79 Å². The number of hydrogen-bond acceptors (Lipinski definition) is 2. The summed E-state index contributed by atoms with van der Waals surface area (Å²) in [7, 11) is -1.09. The highest BCUT2D eigenvalue weighted by molar-refractivity contribution is 14.1. The van der Waals surface area contributed by atoms with Crippen molar-refractivity contribution in [2.45, 2.75) is 32.6 Å². The van der Waals surface area contributed by atoms with E-state index in [0.717, 1.165) is 9.62 Å². The van der Waals surface area contributed by atoms with E-state index in [0.29, 0.717) is 6.61 Å². The Labute approximate surface area is 107 Å². The summed E-state index contributed by atoms with van der Waals surface area (Å²) in [4.78, 5) is 11.2. The van der Waals surface area contributed by atoms with Crippen molar-refractivity contribution in [3.8, 4) is 0 Å². The quantitative estimate of drug-likeness (QED) is 0.251. The van der Waals surface area contributed by atoms with E-state index in [2.05, 4.69) is 42.2 Å².